The summed E-state index contributed by atoms with van der Waals surface area (Å²) in [6, 6.07) is 12.0. The highest BCUT2D eigenvalue weighted by atomic mass is 35.5. The maximum Gasteiger partial charge on any atom is 0.416 e. The first kappa shape index (κ1) is 24.8. The van der Waals surface area contributed by atoms with Gasteiger partial charge in [-0.1, -0.05) is 55.8 Å². The van der Waals surface area contributed by atoms with Crippen LogP contribution in [0.4, 0.5) is 13.2 Å². The summed E-state index contributed by atoms with van der Waals surface area (Å²) >= 11 is 6.05. The number of allylic oxidation sites excluding steroid dienone is 1. The van der Waals surface area contributed by atoms with E-state index in [-0.39, 0.29) is 48.2 Å². The van der Waals surface area contributed by atoms with Gasteiger partial charge in [-0.15, -0.1) is 0 Å². The van der Waals surface area contributed by atoms with Crippen LogP contribution in [0, 0.1) is 5.92 Å². The van der Waals surface area contributed by atoms with Crippen LogP contribution < -0.4 is 0 Å². The Morgan fingerprint density at radius 2 is 1.88 bits per heavy atom. The average Bonchev–Trinajstić information content (AvgIpc) is 2.74. The highest BCUT2D eigenvalue weighted by molar-refractivity contribution is 6.30. The largest absolute Gasteiger partial charge is 0.462 e. The topological polar surface area (TPSA) is 46.6 Å². The molecule has 0 aliphatic carbocycles. The Hall–Kier alpha value is -2.80. The van der Waals surface area contributed by atoms with E-state index in [9.17, 15) is 22.8 Å². The fraction of sp³-hybridized carbons (Fsp3) is 0.360. The molecule has 1 aliphatic rings. The van der Waals surface area contributed by atoms with E-state index in [1.165, 1.54) is 23.1 Å². The number of ether oxygens (including phenoxy) is 1. The zero-order valence-electron chi connectivity index (χ0n) is 18.6. The highest BCUT2D eigenvalue weighted by Crippen LogP contribution is 2.43. The van der Waals surface area contributed by atoms with Gasteiger partial charge in [0.2, 0.25) is 5.91 Å². The van der Waals surface area contributed by atoms with Crippen molar-refractivity contribution in [1.82, 2.24) is 4.90 Å². The van der Waals surface area contributed by atoms with Crippen molar-refractivity contribution in [1.29, 1.82) is 0 Å². The Balaban J connectivity index is 2.10. The molecule has 0 radical (unpaired) electrons. The van der Waals surface area contributed by atoms with Gasteiger partial charge in [0.25, 0.3) is 0 Å². The van der Waals surface area contributed by atoms with Gasteiger partial charge in [-0.3, -0.25) is 4.79 Å². The molecule has 1 amide bonds. The fourth-order valence-corrected chi connectivity index (χ4v) is 4.14. The number of hydrogen-bond acceptors (Lipinski definition) is 3. The quantitative estimate of drug-likeness (QED) is 0.454. The molecule has 0 saturated heterocycles. The van der Waals surface area contributed by atoms with Gasteiger partial charge in [-0.25, -0.2) is 4.79 Å². The first-order valence-electron chi connectivity index (χ1n) is 10.6. The predicted molar refractivity (Wildman–Crippen MR) is 119 cm³/mol. The lowest BCUT2D eigenvalue weighted by molar-refractivity contribution is -0.143. The number of rotatable bonds is 6. The van der Waals surface area contributed by atoms with Gasteiger partial charge in [-0.05, 0) is 42.2 Å². The molecule has 0 unspecified atom stereocenters. The number of hydrogen-bond donors (Lipinski definition) is 0. The van der Waals surface area contributed by atoms with Crippen molar-refractivity contribution in [2.45, 2.75) is 45.8 Å². The third-order valence-corrected chi connectivity index (χ3v) is 5.70. The second-order valence-corrected chi connectivity index (χ2v) is 8.88. The van der Waals surface area contributed by atoms with Crippen LogP contribution in [-0.4, -0.2) is 23.4 Å². The summed E-state index contributed by atoms with van der Waals surface area (Å²) < 4.78 is 46.6. The molecule has 0 aromatic heterocycles. The third kappa shape index (κ3) is 5.77. The van der Waals surface area contributed by atoms with Gasteiger partial charge >= 0.3 is 12.1 Å². The van der Waals surface area contributed by atoms with Crippen molar-refractivity contribution >= 4 is 23.5 Å². The van der Waals surface area contributed by atoms with Crippen LogP contribution in [0.1, 0.15) is 49.8 Å². The minimum Gasteiger partial charge on any atom is -0.462 e. The van der Waals surface area contributed by atoms with E-state index in [2.05, 4.69) is 0 Å². The van der Waals surface area contributed by atoms with E-state index < -0.39 is 23.6 Å². The number of halogens is 4. The number of esters is 1. The lowest BCUT2D eigenvalue weighted by Crippen LogP contribution is -2.38. The summed E-state index contributed by atoms with van der Waals surface area (Å²) in [7, 11) is 0. The van der Waals surface area contributed by atoms with E-state index in [1.54, 1.807) is 31.2 Å². The summed E-state index contributed by atoms with van der Waals surface area (Å²) in [6.07, 6.45) is -4.91. The molecule has 8 heteroatoms. The van der Waals surface area contributed by atoms with Gasteiger partial charge in [0.05, 0.1) is 24.3 Å². The van der Waals surface area contributed by atoms with E-state index in [1.807, 2.05) is 13.8 Å². The molecule has 0 bridgehead atoms. The smallest absolute Gasteiger partial charge is 0.416 e. The monoisotopic (exact) mass is 479 g/mol. The predicted octanol–water partition coefficient (Wildman–Crippen LogP) is 6.35. The molecule has 0 saturated carbocycles. The second-order valence-electron chi connectivity index (χ2n) is 8.44. The normalized spacial score (nSPS) is 17.0. The summed E-state index contributed by atoms with van der Waals surface area (Å²) in [5, 5.41) is 0.493. The molecule has 1 atom stereocenters. The van der Waals surface area contributed by atoms with Gasteiger partial charge in [0.1, 0.15) is 0 Å². The lowest BCUT2D eigenvalue weighted by Gasteiger charge is -2.35. The van der Waals surface area contributed by atoms with Crippen LogP contribution >= 0.6 is 11.6 Å². The van der Waals surface area contributed by atoms with E-state index >= 15 is 0 Å². The van der Waals surface area contributed by atoms with Gasteiger partial charge in [-0.2, -0.15) is 13.2 Å². The Kier molecular flexibility index (Phi) is 7.52. The second kappa shape index (κ2) is 10.00. The van der Waals surface area contributed by atoms with Crippen molar-refractivity contribution in [3.05, 3.63) is 81.5 Å². The van der Waals surface area contributed by atoms with Crippen molar-refractivity contribution < 1.29 is 27.5 Å². The van der Waals surface area contributed by atoms with E-state index in [0.29, 0.717) is 5.02 Å². The summed E-state index contributed by atoms with van der Waals surface area (Å²) in [5.74, 6) is -2.12. The van der Waals surface area contributed by atoms with Crippen molar-refractivity contribution in [3.63, 3.8) is 0 Å². The lowest BCUT2D eigenvalue weighted by atomic mass is 9.81. The molecule has 0 N–H and O–H groups in total. The Morgan fingerprint density at radius 3 is 2.52 bits per heavy atom. The van der Waals surface area contributed by atoms with Crippen molar-refractivity contribution in [2.24, 2.45) is 5.92 Å². The van der Waals surface area contributed by atoms with Gasteiger partial charge < -0.3 is 9.64 Å². The number of benzene rings is 2. The molecular formula is C25H25ClF3NO3. The maximum absolute atomic E-state index is 13.7. The molecule has 2 aromatic rings. The van der Waals surface area contributed by atoms with Crippen LogP contribution in [0.25, 0.3) is 0 Å². The molecule has 1 aliphatic heterocycles. The van der Waals surface area contributed by atoms with Crippen LogP contribution in [0.5, 0.6) is 0 Å². The van der Waals surface area contributed by atoms with Crippen LogP contribution in [0.2, 0.25) is 5.02 Å². The Bertz CT molecular complexity index is 1080. The highest BCUT2D eigenvalue weighted by Gasteiger charge is 2.42. The number of nitrogens with zero attached hydrogens (tertiary/aromatic N) is 1. The molecule has 1 heterocycles. The standard InChI is InChI=1S/C25H25ClF3NO3/c1-15(2)14-33-24(32)23-16(3)30(13-17-7-6-8-18(26)11-17)22(31)12-20(23)19-9-4-5-10-21(19)25(27,28)29/h4-11,15,20H,12-14H2,1-3H3/t20-/m0/s1. The SMILES string of the molecule is CC1=C(C(=O)OCC(C)C)[C@H](c2ccccc2C(F)(F)F)CC(=O)N1Cc1cccc(Cl)c1. The zero-order valence-corrected chi connectivity index (χ0v) is 19.3. The van der Waals surface area contributed by atoms with Gasteiger partial charge in [0.15, 0.2) is 0 Å². The number of carbonyl (C=O) groups excluding carboxylic acids is 2. The van der Waals surface area contributed by atoms with Crippen LogP contribution in [0.3, 0.4) is 0 Å². The third-order valence-electron chi connectivity index (χ3n) is 5.46. The molecular weight excluding hydrogens is 455 g/mol. The molecule has 3 rings (SSSR count). The summed E-state index contributed by atoms with van der Waals surface area (Å²) in [5.41, 5.74) is 0.0971. The first-order chi connectivity index (χ1) is 15.5. The van der Waals surface area contributed by atoms with Crippen LogP contribution in [0.15, 0.2) is 59.8 Å². The molecule has 0 spiro atoms. The molecule has 176 valence electrons. The molecule has 2 aromatic carbocycles. The summed E-state index contributed by atoms with van der Waals surface area (Å²) in [6.45, 7) is 5.55. The minimum absolute atomic E-state index is 0.0450. The molecule has 0 fully saturated rings. The van der Waals surface area contributed by atoms with Crippen molar-refractivity contribution in [3.8, 4) is 0 Å². The molecule has 4 nitrogen and oxygen atoms in total. The minimum atomic E-state index is -4.63. The molecule has 33 heavy (non-hydrogen) atoms. The first-order valence-corrected chi connectivity index (χ1v) is 11.0. The average molecular weight is 480 g/mol. The zero-order chi connectivity index (χ0) is 24.3. The van der Waals surface area contributed by atoms with Gasteiger partial charge in [0, 0.05) is 23.1 Å². The van der Waals surface area contributed by atoms with Crippen LogP contribution in [-0.2, 0) is 27.0 Å². The Morgan fingerprint density at radius 1 is 1.18 bits per heavy atom. The van der Waals surface area contributed by atoms with E-state index in [0.717, 1.165) is 11.6 Å². The van der Waals surface area contributed by atoms with E-state index in [4.69, 9.17) is 16.3 Å². The number of carbonyl (C=O) groups is 2. The number of amides is 1. The maximum atomic E-state index is 13.7. The fourth-order valence-electron chi connectivity index (χ4n) is 3.93. The Labute approximate surface area is 196 Å². The number of alkyl halides is 3. The summed E-state index contributed by atoms with van der Waals surface area (Å²) in [4.78, 5) is 27.6. The van der Waals surface area contributed by atoms with Crippen molar-refractivity contribution in [2.75, 3.05) is 6.61 Å².